The third-order valence-electron chi connectivity index (χ3n) is 7.68. The maximum Gasteiger partial charge on any atom is 0.335 e. The molecule has 1 N–H and O–H groups in total. The minimum absolute atomic E-state index is 0.383. The van der Waals surface area contributed by atoms with Gasteiger partial charge >= 0.3 is 5.97 Å². The van der Waals surface area contributed by atoms with Gasteiger partial charge in [0.25, 0.3) is 0 Å². The number of hydrogen-bond donors (Lipinski definition) is 1. The van der Waals surface area contributed by atoms with E-state index in [0.29, 0.717) is 11.5 Å². The number of aromatic carboxylic acids is 1. The molecular formula is C28H30N2O2. The number of fused-ring (bicyclic) bond motifs is 7. The highest BCUT2D eigenvalue weighted by molar-refractivity contribution is 5.99. The topological polar surface area (TPSA) is 47.2 Å². The average molecular weight is 427 g/mol. The van der Waals surface area contributed by atoms with E-state index in [1.165, 1.54) is 78.2 Å². The number of benzene rings is 2. The van der Waals surface area contributed by atoms with Crippen LogP contribution in [0.1, 0.15) is 73.2 Å². The maximum atomic E-state index is 11.8. The Morgan fingerprint density at radius 1 is 0.812 bits per heavy atom. The Hall–Kier alpha value is -3.01. The van der Waals surface area contributed by atoms with Gasteiger partial charge in [-0.3, -0.25) is 0 Å². The van der Waals surface area contributed by atoms with Crippen molar-refractivity contribution < 1.29 is 9.90 Å². The summed E-state index contributed by atoms with van der Waals surface area (Å²) in [6, 6.07) is 16.9. The first-order valence-electron chi connectivity index (χ1n) is 12.2. The number of para-hydroxylation sites is 1. The smallest absolute Gasteiger partial charge is 0.335 e. The fourth-order valence-electron chi connectivity index (χ4n) is 6.19. The lowest BCUT2D eigenvalue weighted by Gasteiger charge is -2.24. The van der Waals surface area contributed by atoms with E-state index < -0.39 is 5.97 Å². The zero-order valence-electron chi connectivity index (χ0n) is 18.5. The molecule has 0 amide bonds. The third kappa shape index (κ3) is 3.08. The van der Waals surface area contributed by atoms with E-state index in [1.54, 1.807) is 6.07 Å². The molecule has 0 unspecified atom stereocenters. The Morgan fingerprint density at radius 3 is 2.38 bits per heavy atom. The van der Waals surface area contributed by atoms with Crippen molar-refractivity contribution in [2.24, 2.45) is 0 Å². The maximum absolute atomic E-state index is 11.8. The molecule has 0 saturated heterocycles. The van der Waals surface area contributed by atoms with Crippen molar-refractivity contribution in [2.75, 3.05) is 0 Å². The van der Waals surface area contributed by atoms with Gasteiger partial charge in [0.15, 0.2) is 0 Å². The van der Waals surface area contributed by atoms with Crippen LogP contribution in [0.15, 0.2) is 48.5 Å². The zero-order chi connectivity index (χ0) is 21.7. The summed E-state index contributed by atoms with van der Waals surface area (Å²) in [6.07, 6.45) is 9.84. The molecule has 1 saturated carbocycles. The Morgan fingerprint density at radius 2 is 1.56 bits per heavy atom. The number of aromatic nitrogens is 2. The second-order valence-corrected chi connectivity index (χ2v) is 9.59. The number of carbonyl (C=O) groups is 1. The monoisotopic (exact) mass is 426 g/mol. The summed E-state index contributed by atoms with van der Waals surface area (Å²) in [5, 5.41) is 12.2. The summed E-state index contributed by atoms with van der Waals surface area (Å²) in [7, 11) is 0. The second-order valence-electron chi connectivity index (χ2n) is 9.59. The van der Waals surface area contributed by atoms with Gasteiger partial charge in [0.05, 0.1) is 17.0 Å². The van der Waals surface area contributed by atoms with Crippen LogP contribution < -0.4 is 0 Å². The van der Waals surface area contributed by atoms with Crippen LogP contribution in [0, 0.1) is 0 Å². The normalized spacial score (nSPS) is 17.5. The van der Waals surface area contributed by atoms with Crippen molar-refractivity contribution in [2.45, 2.75) is 70.4 Å². The summed E-state index contributed by atoms with van der Waals surface area (Å²) in [5.74, 6) is -0.302. The van der Waals surface area contributed by atoms with Gasteiger partial charge in [-0.1, -0.05) is 43.5 Å². The van der Waals surface area contributed by atoms with Gasteiger partial charge in [-0.2, -0.15) is 0 Å². The van der Waals surface area contributed by atoms with Crippen LogP contribution in [-0.2, 0) is 13.1 Å². The van der Waals surface area contributed by atoms with Crippen molar-refractivity contribution in [3.8, 4) is 11.4 Å². The Balaban J connectivity index is 1.71. The van der Waals surface area contributed by atoms with Gasteiger partial charge in [0, 0.05) is 34.9 Å². The molecule has 6 rings (SSSR count). The molecule has 1 fully saturated rings. The van der Waals surface area contributed by atoms with Gasteiger partial charge in [0.2, 0.25) is 0 Å². The molecule has 2 aromatic heterocycles. The Kier molecular flexibility index (Phi) is 4.82. The number of carboxylic acids is 1. The first kappa shape index (κ1) is 19.7. The molecular weight excluding hydrogens is 396 g/mol. The fourth-order valence-corrected chi connectivity index (χ4v) is 6.19. The summed E-state index contributed by atoms with van der Waals surface area (Å²) in [6.45, 7) is 1.98. The average Bonchev–Trinajstić information content (AvgIpc) is 3.35. The summed E-state index contributed by atoms with van der Waals surface area (Å²) in [5.41, 5.74) is 6.89. The van der Waals surface area contributed by atoms with Gasteiger partial charge in [0.1, 0.15) is 0 Å². The lowest BCUT2D eigenvalue weighted by Crippen LogP contribution is -2.09. The second kappa shape index (κ2) is 7.84. The number of carboxylic acid groups (broad SMARTS) is 1. The molecule has 1 aliphatic carbocycles. The molecule has 4 aromatic rings. The van der Waals surface area contributed by atoms with E-state index in [4.69, 9.17) is 0 Å². The van der Waals surface area contributed by atoms with Gasteiger partial charge < -0.3 is 14.2 Å². The quantitative estimate of drug-likeness (QED) is 0.369. The minimum atomic E-state index is -0.848. The van der Waals surface area contributed by atoms with E-state index in [9.17, 15) is 9.90 Å². The van der Waals surface area contributed by atoms with Crippen LogP contribution in [0.25, 0.3) is 33.2 Å². The van der Waals surface area contributed by atoms with Crippen LogP contribution in [0.3, 0.4) is 0 Å². The molecule has 0 spiro atoms. The van der Waals surface area contributed by atoms with E-state index in [2.05, 4.69) is 45.5 Å². The van der Waals surface area contributed by atoms with E-state index in [-0.39, 0.29) is 0 Å². The first-order valence-corrected chi connectivity index (χ1v) is 12.2. The van der Waals surface area contributed by atoms with E-state index in [1.807, 2.05) is 6.07 Å². The zero-order valence-corrected chi connectivity index (χ0v) is 18.5. The highest BCUT2D eigenvalue weighted by Gasteiger charge is 2.29. The molecule has 0 bridgehead atoms. The highest BCUT2D eigenvalue weighted by Crippen LogP contribution is 2.46. The molecule has 2 aromatic carbocycles. The third-order valence-corrected chi connectivity index (χ3v) is 7.68. The molecule has 4 heteroatoms. The van der Waals surface area contributed by atoms with Crippen LogP contribution in [0.5, 0.6) is 0 Å². The fraction of sp³-hybridized carbons (Fsp3) is 0.393. The van der Waals surface area contributed by atoms with Crippen molar-refractivity contribution >= 4 is 27.8 Å². The first-order chi connectivity index (χ1) is 15.7. The predicted molar refractivity (Wildman–Crippen MR) is 130 cm³/mol. The minimum Gasteiger partial charge on any atom is -0.478 e. The predicted octanol–water partition coefficient (Wildman–Crippen LogP) is 7.19. The Bertz CT molecular complexity index is 1320. The molecule has 0 atom stereocenters. The largest absolute Gasteiger partial charge is 0.478 e. The standard InChI is InChI=1S/C28H30N2O2/c31-28(32)21-13-14-22-24(18-21)30-16-8-2-7-15-29-23-12-6-5-11-20(23)17-25(29)27(30)26(22)19-9-3-1-4-10-19/h5-6,11-14,17-19H,1-4,7-10,15-16H2,(H,31,32). The van der Waals surface area contributed by atoms with Gasteiger partial charge in [-0.05, 0) is 67.9 Å². The molecule has 2 aliphatic rings. The van der Waals surface area contributed by atoms with E-state index >= 15 is 0 Å². The lowest BCUT2D eigenvalue weighted by atomic mass is 9.82. The van der Waals surface area contributed by atoms with Crippen molar-refractivity contribution in [3.05, 3.63) is 59.7 Å². The Labute approximate surface area is 188 Å². The summed E-state index contributed by atoms with van der Waals surface area (Å²) in [4.78, 5) is 11.8. The van der Waals surface area contributed by atoms with Crippen molar-refractivity contribution in [3.63, 3.8) is 0 Å². The van der Waals surface area contributed by atoms with Crippen LogP contribution in [-0.4, -0.2) is 20.2 Å². The van der Waals surface area contributed by atoms with Crippen molar-refractivity contribution in [1.29, 1.82) is 0 Å². The molecule has 1 aliphatic heterocycles. The lowest BCUT2D eigenvalue weighted by molar-refractivity contribution is 0.0697. The summed E-state index contributed by atoms with van der Waals surface area (Å²) < 4.78 is 4.98. The molecule has 0 radical (unpaired) electrons. The van der Waals surface area contributed by atoms with Gasteiger partial charge in [-0.15, -0.1) is 0 Å². The number of nitrogens with zero attached hydrogens (tertiary/aromatic N) is 2. The van der Waals surface area contributed by atoms with E-state index in [0.717, 1.165) is 25.0 Å². The van der Waals surface area contributed by atoms with Gasteiger partial charge in [-0.25, -0.2) is 4.79 Å². The summed E-state index contributed by atoms with van der Waals surface area (Å²) >= 11 is 0. The molecule has 32 heavy (non-hydrogen) atoms. The SMILES string of the molecule is O=C(O)c1ccc2c(C3CCCCC3)c3n(c2c1)CCCCCn1c-3cc2ccccc21. The van der Waals surface area contributed by atoms with Crippen LogP contribution in [0.4, 0.5) is 0 Å². The molecule has 3 heterocycles. The highest BCUT2D eigenvalue weighted by atomic mass is 16.4. The molecule has 4 nitrogen and oxygen atoms in total. The molecule has 164 valence electrons. The van der Waals surface area contributed by atoms with Crippen LogP contribution >= 0.6 is 0 Å². The van der Waals surface area contributed by atoms with Crippen LogP contribution in [0.2, 0.25) is 0 Å². The number of rotatable bonds is 2. The number of aryl methyl sites for hydroxylation is 2. The van der Waals surface area contributed by atoms with Crippen molar-refractivity contribution in [1.82, 2.24) is 9.13 Å². The number of hydrogen-bond acceptors (Lipinski definition) is 1.